The van der Waals surface area contributed by atoms with Gasteiger partial charge in [0, 0.05) is 7.11 Å². The maximum atomic E-state index is 11.1. The normalized spacial score (nSPS) is 40.8. The highest BCUT2D eigenvalue weighted by Gasteiger charge is 2.43. The molecule has 0 spiro atoms. The highest BCUT2D eigenvalue weighted by molar-refractivity contribution is 5.88. The largest absolute Gasteiger partial charge is 0.394 e. The van der Waals surface area contributed by atoms with Crippen molar-refractivity contribution in [3.05, 3.63) is 0 Å². The van der Waals surface area contributed by atoms with Crippen LogP contribution in [0.4, 0.5) is 0 Å². The lowest BCUT2D eigenvalue weighted by Crippen LogP contribution is -2.56. The number of hydrogen-bond acceptors (Lipinski definition) is 6. The van der Waals surface area contributed by atoms with Crippen LogP contribution in [0.1, 0.15) is 0 Å². The molecule has 0 aromatic heterocycles. The smallest absolute Gasteiger partial charge is 0.197 e. The van der Waals surface area contributed by atoms with E-state index in [4.69, 9.17) is 9.84 Å². The zero-order valence-corrected chi connectivity index (χ0v) is 7.08. The van der Waals surface area contributed by atoms with Gasteiger partial charge in [0.2, 0.25) is 0 Å². The first-order chi connectivity index (χ1) is 6.11. The number of ketones is 1. The van der Waals surface area contributed by atoms with Crippen molar-refractivity contribution in [1.82, 2.24) is 0 Å². The quantitative estimate of drug-likeness (QED) is 0.453. The Kier molecular flexibility index (Phi) is 3.34. The molecule has 1 rings (SSSR count). The van der Waals surface area contributed by atoms with Gasteiger partial charge in [0.1, 0.15) is 12.2 Å². The van der Waals surface area contributed by atoms with Crippen molar-refractivity contribution in [3.63, 3.8) is 0 Å². The van der Waals surface area contributed by atoms with Crippen molar-refractivity contribution in [1.29, 1.82) is 0 Å². The zero-order chi connectivity index (χ0) is 10.0. The van der Waals surface area contributed by atoms with Crippen molar-refractivity contribution in [2.75, 3.05) is 13.7 Å². The van der Waals surface area contributed by atoms with E-state index in [9.17, 15) is 15.0 Å². The molecule has 1 aliphatic rings. The molecule has 6 nitrogen and oxygen atoms in total. The van der Waals surface area contributed by atoms with Gasteiger partial charge in [-0.05, 0) is 0 Å². The highest BCUT2D eigenvalue weighted by atomic mass is 16.7. The summed E-state index contributed by atoms with van der Waals surface area (Å²) in [7, 11) is 1.26. The van der Waals surface area contributed by atoms with Crippen LogP contribution < -0.4 is 0 Å². The third kappa shape index (κ3) is 1.87. The highest BCUT2D eigenvalue weighted by Crippen LogP contribution is 2.17. The number of ether oxygens (including phenoxy) is 2. The van der Waals surface area contributed by atoms with Crippen LogP contribution in [-0.2, 0) is 14.3 Å². The Bertz CT molecular complexity index is 175. The van der Waals surface area contributed by atoms with Gasteiger partial charge in [0.05, 0.1) is 6.61 Å². The van der Waals surface area contributed by atoms with E-state index in [1.54, 1.807) is 0 Å². The average molecular weight is 192 g/mol. The Balaban J connectivity index is 2.72. The molecule has 0 aromatic carbocycles. The number of Topliss-reactive ketones (excluding diaryl/α,β-unsaturated/α-hetero) is 1. The standard InChI is InChI=1S/C7H12O6/c1-12-7-6(11)5(10)4(9)3(2-8)13-7/h3-4,6-9,11H,2H2,1H3/t3?,4-,6?,7?/m1/s1. The van der Waals surface area contributed by atoms with Crippen LogP contribution in [0.25, 0.3) is 0 Å². The number of aliphatic hydroxyl groups is 3. The van der Waals surface area contributed by atoms with E-state index in [0.29, 0.717) is 0 Å². The molecule has 1 heterocycles. The third-order valence-electron chi connectivity index (χ3n) is 1.91. The number of hydrogen-bond donors (Lipinski definition) is 3. The van der Waals surface area contributed by atoms with Crippen LogP contribution in [0.2, 0.25) is 0 Å². The SMILES string of the molecule is COC1OC(CO)[C@@H](O)C(=O)C1O. The second-order valence-corrected chi connectivity index (χ2v) is 2.75. The van der Waals surface area contributed by atoms with E-state index in [1.807, 2.05) is 0 Å². The van der Waals surface area contributed by atoms with Crippen LogP contribution in [-0.4, -0.2) is 59.4 Å². The van der Waals surface area contributed by atoms with Gasteiger partial charge in [-0.15, -0.1) is 0 Å². The van der Waals surface area contributed by atoms with Crippen LogP contribution in [0.3, 0.4) is 0 Å². The fourth-order valence-electron chi connectivity index (χ4n) is 1.14. The Labute approximate surface area is 74.7 Å². The van der Waals surface area contributed by atoms with Crippen molar-refractivity contribution in [3.8, 4) is 0 Å². The molecule has 0 radical (unpaired) electrons. The van der Waals surface area contributed by atoms with Crippen LogP contribution in [0.15, 0.2) is 0 Å². The molecule has 1 saturated heterocycles. The minimum atomic E-state index is -1.50. The van der Waals surface area contributed by atoms with Crippen molar-refractivity contribution >= 4 is 5.78 Å². The fraction of sp³-hybridized carbons (Fsp3) is 0.857. The second-order valence-electron chi connectivity index (χ2n) is 2.75. The van der Waals surface area contributed by atoms with Gasteiger partial charge in [0.15, 0.2) is 18.2 Å². The molecule has 1 aliphatic heterocycles. The first-order valence-electron chi connectivity index (χ1n) is 3.80. The maximum absolute atomic E-state index is 11.1. The molecule has 1 fully saturated rings. The van der Waals surface area contributed by atoms with E-state index in [2.05, 4.69) is 4.74 Å². The van der Waals surface area contributed by atoms with Crippen molar-refractivity contribution in [2.24, 2.45) is 0 Å². The van der Waals surface area contributed by atoms with Crippen LogP contribution in [0, 0.1) is 0 Å². The molecule has 4 atom stereocenters. The summed E-state index contributed by atoms with van der Waals surface area (Å²) >= 11 is 0. The molecule has 0 bridgehead atoms. The topological polar surface area (TPSA) is 96.2 Å². The van der Waals surface area contributed by atoms with Gasteiger partial charge in [-0.1, -0.05) is 0 Å². The summed E-state index contributed by atoms with van der Waals surface area (Å²) in [5, 5.41) is 27.1. The second kappa shape index (κ2) is 4.12. The van der Waals surface area contributed by atoms with Gasteiger partial charge in [-0.2, -0.15) is 0 Å². The summed E-state index contributed by atoms with van der Waals surface area (Å²) < 4.78 is 9.53. The predicted molar refractivity (Wildman–Crippen MR) is 39.8 cm³/mol. The van der Waals surface area contributed by atoms with Gasteiger partial charge in [-0.25, -0.2) is 0 Å². The van der Waals surface area contributed by atoms with Gasteiger partial charge >= 0.3 is 0 Å². The van der Waals surface area contributed by atoms with Crippen LogP contribution >= 0.6 is 0 Å². The van der Waals surface area contributed by atoms with Crippen molar-refractivity contribution in [2.45, 2.75) is 24.6 Å². The maximum Gasteiger partial charge on any atom is 0.197 e. The van der Waals surface area contributed by atoms with E-state index in [0.717, 1.165) is 0 Å². The average Bonchev–Trinajstić information content (AvgIpc) is 2.15. The number of aliphatic hydroxyl groups excluding tert-OH is 3. The molecule has 76 valence electrons. The first-order valence-corrected chi connectivity index (χ1v) is 3.80. The van der Waals surface area contributed by atoms with Crippen LogP contribution in [0.5, 0.6) is 0 Å². The lowest BCUT2D eigenvalue weighted by molar-refractivity contribution is -0.247. The number of rotatable bonds is 2. The fourth-order valence-corrected chi connectivity index (χ4v) is 1.14. The van der Waals surface area contributed by atoms with Gasteiger partial charge in [0.25, 0.3) is 0 Å². The first kappa shape index (κ1) is 10.6. The number of carbonyl (C=O) groups excluding carboxylic acids is 1. The molecule has 0 saturated carbocycles. The zero-order valence-electron chi connectivity index (χ0n) is 7.08. The number of methoxy groups -OCH3 is 1. The summed E-state index contributed by atoms with van der Waals surface area (Å²) in [6.07, 6.45) is -5.14. The molecular formula is C7H12O6. The van der Waals surface area contributed by atoms with E-state index in [-0.39, 0.29) is 0 Å². The summed E-state index contributed by atoms with van der Waals surface area (Å²) in [5.41, 5.74) is 0. The third-order valence-corrected chi connectivity index (χ3v) is 1.91. The molecule has 3 N–H and O–H groups in total. The van der Waals surface area contributed by atoms with E-state index < -0.39 is 37.0 Å². The molecule has 0 aliphatic carbocycles. The molecule has 0 amide bonds. The minimum absolute atomic E-state index is 0.501. The Morgan fingerprint density at radius 3 is 2.54 bits per heavy atom. The summed E-state index contributed by atoms with van der Waals surface area (Å²) in [4.78, 5) is 11.1. The van der Waals surface area contributed by atoms with E-state index >= 15 is 0 Å². The summed E-state index contributed by atoms with van der Waals surface area (Å²) in [6.45, 7) is -0.501. The lowest BCUT2D eigenvalue weighted by atomic mass is 10.0. The molecule has 6 heteroatoms. The number of carbonyl (C=O) groups is 1. The van der Waals surface area contributed by atoms with Crippen molar-refractivity contribution < 1.29 is 29.6 Å². The van der Waals surface area contributed by atoms with E-state index in [1.165, 1.54) is 7.11 Å². The molecule has 0 aromatic rings. The minimum Gasteiger partial charge on any atom is -0.394 e. The van der Waals surface area contributed by atoms with Gasteiger partial charge < -0.3 is 24.8 Å². The molecular weight excluding hydrogens is 180 g/mol. The predicted octanol–water partition coefficient (Wildman–Crippen LogP) is -2.36. The summed E-state index contributed by atoms with van der Waals surface area (Å²) in [5.74, 6) is -0.794. The monoisotopic (exact) mass is 192 g/mol. The van der Waals surface area contributed by atoms with Gasteiger partial charge in [-0.3, -0.25) is 4.79 Å². The summed E-state index contributed by atoms with van der Waals surface area (Å²) in [6, 6.07) is 0. The molecule has 13 heavy (non-hydrogen) atoms. The Hall–Kier alpha value is -0.530. The lowest BCUT2D eigenvalue weighted by Gasteiger charge is -2.34. The Morgan fingerprint density at radius 2 is 2.08 bits per heavy atom. The molecule has 3 unspecified atom stereocenters. The Morgan fingerprint density at radius 1 is 1.46 bits per heavy atom.